The number of aryl methyl sites for hydroxylation is 2. The summed E-state index contributed by atoms with van der Waals surface area (Å²) in [6, 6.07) is 3.99. The zero-order chi connectivity index (χ0) is 16.6. The second-order valence-electron chi connectivity index (χ2n) is 6.34. The monoisotopic (exact) mass is 335 g/mol. The first-order valence-electron chi connectivity index (χ1n) is 7.81. The van der Waals surface area contributed by atoms with Crippen LogP contribution in [0.4, 0.5) is 0 Å². The Kier molecular flexibility index (Phi) is 4.27. The fraction of sp³-hybridized carbons (Fsp3) is 0.529. The van der Waals surface area contributed by atoms with Gasteiger partial charge in [0.25, 0.3) is 5.91 Å². The Hall–Kier alpha value is -1.69. The third kappa shape index (κ3) is 3.04. The first kappa shape index (κ1) is 16.2. The van der Waals surface area contributed by atoms with E-state index >= 15 is 0 Å². The van der Waals surface area contributed by atoms with Gasteiger partial charge in [0.1, 0.15) is 11.3 Å². The number of hydrogen-bond acceptors (Lipinski definition) is 4. The Balaban J connectivity index is 1.73. The molecular formula is C17H21NO4S. The molecule has 0 spiro atoms. The van der Waals surface area contributed by atoms with Gasteiger partial charge in [0.2, 0.25) is 0 Å². The molecule has 0 bridgehead atoms. The number of carbonyl (C=O) groups is 2. The van der Waals surface area contributed by atoms with E-state index in [2.05, 4.69) is 5.32 Å². The molecule has 1 saturated heterocycles. The average molecular weight is 335 g/mol. The second kappa shape index (κ2) is 6.07. The van der Waals surface area contributed by atoms with Gasteiger partial charge in [-0.25, -0.2) is 4.79 Å². The van der Waals surface area contributed by atoms with Crippen LogP contribution in [0.15, 0.2) is 12.1 Å². The van der Waals surface area contributed by atoms with Crippen molar-refractivity contribution in [3.8, 4) is 5.75 Å². The zero-order valence-corrected chi connectivity index (χ0v) is 14.2. The van der Waals surface area contributed by atoms with Crippen molar-refractivity contribution in [1.29, 1.82) is 0 Å². The highest BCUT2D eigenvalue weighted by Crippen LogP contribution is 2.33. The Bertz CT molecular complexity index is 621. The molecule has 2 heterocycles. The summed E-state index contributed by atoms with van der Waals surface area (Å²) < 4.78 is 5.76. The van der Waals surface area contributed by atoms with Gasteiger partial charge < -0.3 is 15.2 Å². The van der Waals surface area contributed by atoms with Gasteiger partial charge in [-0.05, 0) is 61.0 Å². The van der Waals surface area contributed by atoms with Gasteiger partial charge in [0.05, 0.1) is 0 Å². The standard InChI is InChI=1S/C17H21NO4S/c1-10-7-12-9-14(22-13(12)8-11(10)2)15(19)18-17(16(20)21)3-5-23-6-4-17/h7-8,14H,3-6,9H2,1-2H3,(H,18,19)(H,20,21). The van der Waals surface area contributed by atoms with Crippen LogP contribution in [0.1, 0.15) is 29.5 Å². The van der Waals surface area contributed by atoms with Crippen molar-refractivity contribution >= 4 is 23.6 Å². The first-order valence-corrected chi connectivity index (χ1v) is 8.97. The maximum Gasteiger partial charge on any atom is 0.329 e. The van der Waals surface area contributed by atoms with E-state index in [0.717, 1.165) is 28.4 Å². The lowest BCUT2D eigenvalue weighted by Gasteiger charge is -2.34. The van der Waals surface area contributed by atoms with Crippen molar-refractivity contribution < 1.29 is 19.4 Å². The molecule has 0 aliphatic carbocycles. The molecule has 1 unspecified atom stereocenters. The van der Waals surface area contributed by atoms with E-state index in [1.807, 2.05) is 26.0 Å². The number of aliphatic carboxylic acids is 1. The molecule has 1 atom stereocenters. The molecule has 1 fully saturated rings. The number of carboxylic acid groups (broad SMARTS) is 1. The predicted octanol–water partition coefficient (Wildman–Crippen LogP) is 2.07. The molecule has 1 amide bonds. The molecule has 1 aromatic rings. The lowest BCUT2D eigenvalue weighted by atomic mass is 9.91. The summed E-state index contributed by atoms with van der Waals surface area (Å²) in [6.45, 7) is 4.04. The molecule has 0 radical (unpaired) electrons. The molecule has 0 saturated carbocycles. The number of hydrogen-bond donors (Lipinski definition) is 2. The third-order valence-corrected chi connectivity index (χ3v) is 5.75. The minimum Gasteiger partial charge on any atom is -0.480 e. The summed E-state index contributed by atoms with van der Waals surface area (Å²) in [5.41, 5.74) is 2.15. The number of carbonyl (C=O) groups excluding carboxylic acids is 1. The van der Waals surface area contributed by atoms with Crippen LogP contribution < -0.4 is 10.1 Å². The number of benzene rings is 1. The minimum absolute atomic E-state index is 0.328. The van der Waals surface area contributed by atoms with Gasteiger partial charge in [-0.2, -0.15) is 11.8 Å². The SMILES string of the molecule is Cc1cc2c(cc1C)OC(C(=O)NC1(C(=O)O)CCSCC1)C2. The summed E-state index contributed by atoms with van der Waals surface area (Å²) in [4.78, 5) is 24.2. The van der Waals surface area contributed by atoms with Crippen LogP contribution in [0.3, 0.4) is 0 Å². The molecule has 3 rings (SSSR count). The van der Waals surface area contributed by atoms with Crippen LogP contribution in [-0.4, -0.2) is 40.1 Å². The van der Waals surface area contributed by atoms with Crippen LogP contribution in [0.5, 0.6) is 5.75 Å². The molecule has 5 nitrogen and oxygen atoms in total. The van der Waals surface area contributed by atoms with Crippen LogP contribution >= 0.6 is 11.8 Å². The first-order chi connectivity index (χ1) is 10.9. The fourth-order valence-corrected chi connectivity index (χ4v) is 4.28. The van der Waals surface area contributed by atoms with E-state index in [-0.39, 0.29) is 5.91 Å². The van der Waals surface area contributed by atoms with Gasteiger partial charge in [-0.3, -0.25) is 4.79 Å². The van der Waals surface area contributed by atoms with E-state index in [9.17, 15) is 14.7 Å². The highest BCUT2D eigenvalue weighted by atomic mass is 32.2. The Morgan fingerprint density at radius 3 is 2.57 bits per heavy atom. The number of amides is 1. The molecule has 2 N–H and O–H groups in total. The molecule has 23 heavy (non-hydrogen) atoms. The van der Waals surface area contributed by atoms with Crippen LogP contribution in [0, 0.1) is 13.8 Å². The summed E-state index contributed by atoms with van der Waals surface area (Å²) in [5, 5.41) is 12.3. The Morgan fingerprint density at radius 1 is 1.26 bits per heavy atom. The molecule has 2 aliphatic rings. The van der Waals surface area contributed by atoms with E-state index in [1.165, 1.54) is 5.56 Å². The zero-order valence-electron chi connectivity index (χ0n) is 13.3. The van der Waals surface area contributed by atoms with Crippen molar-refractivity contribution in [2.45, 2.75) is 44.8 Å². The maximum absolute atomic E-state index is 12.6. The molecule has 1 aromatic carbocycles. The maximum atomic E-state index is 12.6. The number of carboxylic acids is 1. The minimum atomic E-state index is -1.15. The number of rotatable bonds is 3. The lowest BCUT2D eigenvalue weighted by molar-refractivity contribution is -0.149. The molecule has 124 valence electrons. The van der Waals surface area contributed by atoms with Crippen LogP contribution in [0.25, 0.3) is 0 Å². The van der Waals surface area contributed by atoms with Gasteiger partial charge in [-0.15, -0.1) is 0 Å². The number of nitrogens with one attached hydrogen (secondary N) is 1. The summed E-state index contributed by atoms with van der Waals surface area (Å²) in [5.74, 6) is 0.948. The van der Waals surface area contributed by atoms with Crippen LogP contribution in [-0.2, 0) is 16.0 Å². The third-order valence-electron chi connectivity index (χ3n) is 4.76. The smallest absolute Gasteiger partial charge is 0.329 e. The highest BCUT2D eigenvalue weighted by Gasteiger charge is 2.43. The summed E-state index contributed by atoms with van der Waals surface area (Å²) >= 11 is 1.72. The van der Waals surface area contributed by atoms with Gasteiger partial charge >= 0.3 is 5.97 Å². The van der Waals surface area contributed by atoms with Crippen molar-refractivity contribution in [3.63, 3.8) is 0 Å². The normalized spacial score (nSPS) is 22.1. The topological polar surface area (TPSA) is 75.6 Å². The summed E-state index contributed by atoms with van der Waals surface area (Å²) in [7, 11) is 0. The largest absolute Gasteiger partial charge is 0.480 e. The summed E-state index contributed by atoms with van der Waals surface area (Å²) in [6.07, 6.45) is 0.761. The van der Waals surface area contributed by atoms with Gasteiger partial charge in [-0.1, -0.05) is 6.07 Å². The van der Waals surface area contributed by atoms with Gasteiger partial charge in [0.15, 0.2) is 6.10 Å². The molecule has 6 heteroatoms. The quantitative estimate of drug-likeness (QED) is 0.884. The van der Waals surface area contributed by atoms with Crippen molar-refractivity contribution in [3.05, 3.63) is 28.8 Å². The second-order valence-corrected chi connectivity index (χ2v) is 7.57. The van der Waals surface area contributed by atoms with E-state index in [0.29, 0.717) is 19.3 Å². The highest BCUT2D eigenvalue weighted by molar-refractivity contribution is 7.99. The lowest BCUT2D eigenvalue weighted by Crippen LogP contribution is -2.59. The predicted molar refractivity (Wildman–Crippen MR) is 89.1 cm³/mol. The Labute approximate surface area is 139 Å². The van der Waals surface area contributed by atoms with Gasteiger partial charge in [0, 0.05) is 6.42 Å². The van der Waals surface area contributed by atoms with Crippen LogP contribution in [0.2, 0.25) is 0 Å². The molecule has 0 aromatic heterocycles. The average Bonchev–Trinajstić information content (AvgIpc) is 2.91. The fourth-order valence-electron chi connectivity index (χ4n) is 3.09. The molecular weight excluding hydrogens is 314 g/mol. The van der Waals surface area contributed by atoms with Crippen molar-refractivity contribution in [1.82, 2.24) is 5.32 Å². The van der Waals surface area contributed by atoms with E-state index in [4.69, 9.17) is 4.74 Å². The van der Waals surface area contributed by atoms with Crippen molar-refractivity contribution in [2.75, 3.05) is 11.5 Å². The number of ether oxygens (including phenoxy) is 1. The van der Waals surface area contributed by atoms with Crippen molar-refractivity contribution in [2.24, 2.45) is 0 Å². The number of thioether (sulfide) groups is 1. The van der Waals surface area contributed by atoms with E-state index < -0.39 is 17.6 Å². The number of fused-ring (bicyclic) bond motifs is 1. The Morgan fingerprint density at radius 2 is 1.91 bits per heavy atom. The van der Waals surface area contributed by atoms with E-state index in [1.54, 1.807) is 11.8 Å². The molecule has 2 aliphatic heterocycles.